The van der Waals surface area contributed by atoms with Crippen molar-refractivity contribution in [2.24, 2.45) is 0 Å². The molecule has 30 heavy (non-hydrogen) atoms. The zero-order valence-corrected chi connectivity index (χ0v) is 16.8. The lowest BCUT2D eigenvalue weighted by Gasteiger charge is -2.04. The Bertz CT molecular complexity index is 1170. The summed E-state index contributed by atoms with van der Waals surface area (Å²) < 4.78 is 10.9. The van der Waals surface area contributed by atoms with E-state index in [1.54, 1.807) is 0 Å². The number of nitro benzene ring substituents is 1. The number of hydrogen-bond acceptors (Lipinski definition) is 11. The van der Waals surface area contributed by atoms with Gasteiger partial charge in [-0.15, -0.1) is 10.2 Å². The summed E-state index contributed by atoms with van der Waals surface area (Å²) in [4.78, 5) is 45.5. The second kappa shape index (κ2) is 9.28. The second-order valence-corrected chi connectivity index (χ2v) is 7.81. The molecule has 0 saturated heterocycles. The SMILES string of the molecule is CC(=O)Nc1nnc(SCc2cc(=O)c(OC(=O)c3cccc([N+](=O)[O-])c3)co2)s1. The van der Waals surface area contributed by atoms with Crippen LogP contribution in [0.1, 0.15) is 23.0 Å². The van der Waals surface area contributed by atoms with Gasteiger partial charge in [-0.05, 0) is 6.07 Å². The number of non-ortho nitro benzene ring substituents is 1. The lowest BCUT2D eigenvalue weighted by molar-refractivity contribution is -0.384. The van der Waals surface area contributed by atoms with Crippen LogP contribution in [0.2, 0.25) is 0 Å². The summed E-state index contributed by atoms with van der Waals surface area (Å²) >= 11 is 2.41. The molecule has 0 spiro atoms. The molecule has 0 atom stereocenters. The van der Waals surface area contributed by atoms with Crippen molar-refractivity contribution in [2.45, 2.75) is 17.0 Å². The summed E-state index contributed by atoms with van der Waals surface area (Å²) in [5, 5.41) is 21.4. The standard InChI is InChI=1S/C17H12N4O7S2/c1-9(22)18-16-19-20-17(30-16)29-8-12-6-13(23)14(7-27-12)28-15(24)10-3-2-4-11(5-10)21(25)26/h2-7H,8H2,1H3,(H,18,19,22). The molecular weight excluding hydrogens is 436 g/mol. The van der Waals surface area contributed by atoms with Gasteiger partial charge in [0.2, 0.25) is 22.2 Å². The number of rotatable bonds is 7. The van der Waals surface area contributed by atoms with Crippen molar-refractivity contribution >= 4 is 45.8 Å². The molecule has 0 aliphatic heterocycles. The van der Waals surface area contributed by atoms with Gasteiger partial charge in [0.15, 0.2) is 4.34 Å². The van der Waals surface area contributed by atoms with E-state index in [2.05, 4.69) is 15.5 Å². The minimum atomic E-state index is -0.924. The molecule has 1 aromatic carbocycles. The van der Waals surface area contributed by atoms with Crippen LogP contribution in [0.5, 0.6) is 5.75 Å². The van der Waals surface area contributed by atoms with E-state index in [-0.39, 0.29) is 28.7 Å². The average Bonchev–Trinajstić information content (AvgIpc) is 3.14. The van der Waals surface area contributed by atoms with Crippen molar-refractivity contribution in [1.82, 2.24) is 10.2 Å². The van der Waals surface area contributed by atoms with Crippen LogP contribution in [-0.4, -0.2) is 27.0 Å². The van der Waals surface area contributed by atoms with Crippen molar-refractivity contribution in [3.05, 3.63) is 68.3 Å². The molecule has 1 N–H and O–H groups in total. The first-order chi connectivity index (χ1) is 14.3. The number of carbonyl (C=O) groups is 2. The third kappa shape index (κ3) is 5.48. The Labute approximate surface area is 176 Å². The zero-order chi connectivity index (χ0) is 21.7. The van der Waals surface area contributed by atoms with Crippen LogP contribution >= 0.6 is 23.1 Å². The van der Waals surface area contributed by atoms with Crippen molar-refractivity contribution in [3.63, 3.8) is 0 Å². The Kier molecular flexibility index (Phi) is 6.54. The number of carbonyl (C=O) groups excluding carboxylic acids is 2. The number of benzene rings is 1. The molecule has 3 rings (SSSR count). The summed E-state index contributed by atoms with van der Waals surface area (Å²) in [6.45, 7) is 1.36. The minimum Gasteiger partial charge on any atom is -0.464 e. The number of nitrogens with one attached hydrogen (secondary N) is 1. The third-order valence-corrected chi connectivity index (χ3v) is 5.37. The fourth-order valence-electron chi connectivity index (χ4n) is 2.10. The van der Waals surface area contributed by atoms with Gasteiger partial charge in [-0.25, -0.2) is 4.79 Å². The predicted molar refractivity (Wildman–Crippen MR) is 107 cm³/mol. The maximum Gasteiger partial charge on any atom is 0.344 e. The van der Waals surface area contributed by atoms with E-state index in [0.717, 1.165) is 12.3 Å². The van der Waals surface area contributed by atoms with E-state index in [1.165, 1.54) is 54.3 Å². The number of ether oxygens (including phenoxy) is 1. The van der Waals surface area contributed by atoms with E-state index in [1.807, 2.05) is 0 Å². The number of thioether (sulfide) groups is 1. The molecular formula is C17H12N4O7S2. The van der Waals surface area contributed by atoms with Crippen LogP contribution < -0.4 is 15.5 Å². The quantitative estimate of drug-likeness (QED) is 0.187. The van der Waals surface area contributed by atoms with Crippen LogP contribution in [-0.2, 0) is 10.5 Å². The van der Waals surface area contributed by atoms with Gasteiger partial charge >= 0.3 is 5.97 Å². The molecule has 0 aliphatic rings. The average molecular weight is 448 g/mol. The molecule has 0 aliphatic carbocycles. The molecule has 3 aromatic rings. The Morgan fingerprint density at radius 1 is 1.33 bits per heavy atom. The highest BCUT2D eigenvalue weighted by Crippen LogP contribution is 2.28. The molecule has 11 nitrogen and oxygen atoms in total. The first-order valence-corrected chi connectivity index (χ1v) is 9.94. The molecule has 154 valence electrons. The van der Waals surface area contributed by atoms with E-state index >= 15 is 0 Å². The maximum atomic E-state index is 12.2. The van der Waals surface area contributed by atoms with Crippen LogP contribution in [0.15, 0.2) is 50.1 Å². The van der Waals surface area contributed by atoms with Gasteiger partial charge in [0, 0.05) is 25.1 Å². The molecule has 13 heteroatoms. The summed E-state index contributed by atoms with van der Waals surface area (Å²) in [6, 6.07) is 6.11. The van der Waals surface area contributed by atoms with Crippen LogP contribution in [0.3, 0.4) is 0 Å². The number of nitrogens with zero attached hydrogens (tertiary/aromatic N) is 3. The fraction of sp³-hybridized carbons (Fsp3) is 0.118. The number of esters is 1. The Morgan fingerprint density at radius 2 is 2.13 bits per heavy atom. The van der Waals surface area contributed by atoms with Crippen molar-refractivity contribution in [1.29, 1.82) is 0 Å². The second-order valence-electron chi connectivity index (χ2n) is 5.61. The number of anilines is 1. The predicted octanol–water partition coefficient (Wildman–Crippen LogP) is 2.87. The molecule has 0 saturated carbocycles. The van der Waals surface area contributed by atoms with Gasteiger partial charge in [0.1, 0.15) is 12.0 Å². The van der Waals surface area contributed by atoms with Gasteiger partial charge in [-0.1, -0.05) is 29.2 Å². The van der Waals surface area contributed by atoms with Crippen LogP contribution in [0.4, 0.5) is 10.8 Å². The highest BCUT2D eigenvalue weighted by molar-refractivity contribution is 8.00. The number of aromatic nitrogens is 2. The number of hydrogen-bond donors (Lipinski definition) is 1. The van der Waals surface area contributed by atoms with E-state index in [9.17, 15) is 24.5 Å². The molecule has 2 aromatic heterocycles. The Balaban J connectivity index is 1.63. The summed E-state index contributed by atoms with van der Waals surface area (Å²) in [5.74, 6) is -0.972. The van der Waals surface area contributed by atoms with E-state index < -0.39 is 16.3 Å². The summed E-state index contributed by atoms with van der Waals surface area (Å²) in [6.07, 6.45) is 0.996. The molecule has 0 unspecified atom stereocenters. The zero-order valence-electron chi connectivity index (χ0n) is 15.2. The van der Waals surface area contributed by atoms with Gasteiger partial charge < -0.3 is 14.5 Å². The highest BCUT2D eigenvalue weighted by atomic mass is 32.2. The van der Waals surface area contributed by atoms with Gasteiger partial charge in [0.25, 0.3) is 5.69 Å². The Morgan fingerprint density at radius 3 is 2.83 bits per heavy atom. The van der Waals surface area contributed by atoms with E-state index in [0.29, 0.717) is 15.2 Å². The largest absolute Gasteiger partial charge is 0.464 e. The summed E-state index contributed by atoms with van der Waals surface area (Å²) in [5.41, 5.74) is -0.941. The van der Waals surface area contributed by atoms with Crippen molar-refractivity contribution < 1.29 is 23.7 Å². The fourth-order valence-corrected chi connectivity index (χ4v) is 3.78. The lowest BCUT2D eigenvalue weighted by Crippen LogP contribution is -2.14. The molecule has 2 heterocycles. The minimum absolute atomic E-state index is 0.0746. The monoisotopic (exact) mass is 448 g/mol. The van der Waals surface area contributed by atoms with Crippen molar-refractivity contribution in [2.75, 3.05) is 5.32 Å². The normalized spacial score (nSPS) is 10.4. The van der Waals surface area contributed by atoms with Crippen molar-refractivity contribution in [3.8, 4) is 5.75 Å². The smallest absolute Gasteiger partial charge is 0.344 e. The van der Waals surface area contributed by atoms with Gasteiger partial charge in [-0.2, -0.15) is 0 Å². The van der Waals surface area contributed by atoms with Crippen LogP contribution in [0.25, 0.3) is 0 Å². The first kappa shape index (κ1) is 21.1. The molecule has 0 bridgehead atoms. The van der Waals surface area contributed by atoms with Gasteiger partial charge in [0.05, 0.1) is 16.2 Å². The molecule has 0 fully saturated rings. The Hall–Kier alpha value is -3.58. The van der Waals surface area contributed by atoms with E-state index in [4.69, 9.17) is 9.15 Å². The van der Waals surface area contributed by atoms with Gasteiger partial charge in [-0.3, -0.25) is 19.7 Å². The first-order valence-electron chi connectivity index (χ1n) is 8.14. The van der Waals surface area contributed by atoms with Crippen LogP contribution in [0, 0.1) is 10.1 Å². The number of amides is 1. The maximum absolute atomic E-state index is 12.2. The topological polar surface area (TPSA) is 155 Å². The third-order valence-electron chi connectivity index (χ3n) is 3.37. The lowest BCUT2D eigenvalue weighted by atomic mass is 10.2. The molecule has 1 amide bonds. The summed E-state index contributed by atoms with van der Waals surface area (Å²) in [7, 11) is 0. The molecule has 0 radical (unpaired) electrons. The highest BCUT2D eigenvalue weighted by Gasteiger charge is 2.16. The number of nitro groups is 1.